The standard InChI is InChI=1S/C29H26ClF3N4O3/c30-23-10-2-1-9-22(23)25(26(39)35-21-15-28(32,33)16-21)29(27(40)36-19-8-5-6-18(31)14-19)12-11-24(38)37(29)17-20-7-3-4-13-34-20/h1-10,13-14,21,25H,11-12,15-17H2,(H,35,39)(H,36,40)/t25-,29?/m1/s1. The monoisotopic (exact) mass is 570 g/mol. The minimum Gasteiger partial charge on any atom is -0.352 e. The summed E-state index contributed by atoms with van der Waals surface area (Å²) in [5.41, 5.74) is -0.999. The molecule has 0 radical (unpaired) electrons. The second-order valence-electron chi connectivity index (χ2n) is 10.1. The predicted molar refractivity (Wildman–Crippen MR) is 142 cm³/mol. The molecule has 2 atom stereocenters. The maximum absolute atomic E-state index is 14.3. The fourth-order valence-electron chi connectivity index (χ4n) is 5.52. The Balaban J connectivity index is 1.63. The van der Waals surface area contributed by atoms with Crippen molar-refractivity contribution in [2.24, 2.45) is 0 Å². The number of aromatic nitrogens is 1. The summed E-state index contributed by atoms with van der Waals surface area (Å²) in [6.07, 6.45) is 0.322. The summed E-state index contributed by atoms with van der Waals surface area (Å²) in [6, 6.07) is 15.9. The molecule has 2 aliphatic rings. The third-order valence-electron chi connectivity index (χ3n) is 7.42. The van der Waals surface area contributed by atoms with Crippen molar-refractivity contribution in [3.05, 3.63) is 95.0 Å². The normalized spacial score (nSPS) is 21.0. The Labute approximate surface area is 233 Å². The largest absolute Gasteiger partial charge is 0.352 e. The van der Waals surface area contributed by atoms with Gasteiger partial charge in [-0.3, -0.25) is 19.4 Å². The van der Waals surface area contributed by atoms with Gasteiger partial charge in [-0.1, -0.05) is 41.9 Å². The number of pyridine rings is 1. The number of carbonyl (C=O) groups is 3. The van der Waals surface area contributed by atoms with E-state index in [2.05, 4.69) is 15.6 Å². The number of hydrogen-bond acceptors (Lipinski definition) is 4. The Hall–Kier alpha value is -3.92. The molecule has 1 unspecified atom stereocenters. The Morgan fingerprint density at radius 2 is 1.82 bits per heavy atom. The molecule has 7 nitrogen and oxygen atoms in total. The first-order valence-corrected chi connectivity index (χ1v) is 13.2. The number of hydrogen-bond donors (Lipinski definition) is 2. The molecule has 208 valence electrons. The van der Waals surface area contributed by atoms with Crippen molar-refractivity contribution in [3.8, 4) is 0 Å². The van der Waals surface area contributed by atoms with Crippen LogP contribution in [0.5, 0.6) is 0 Å². The molecular weight excluding hydrogens is 545 g/mol. The number of carbonyl (C=O) groups excluding carboxylic acids is 3. The van der Waals surface area contributed by atoms with E-state index in [1.807, 2.05) is 0 Å². The van der Waals surface area contributed by atoms with Gasteiger partial charge in [0.1, 0.15) is 11.4 Å². The number of halogens is 4. The number of nitrogens with one attached hydrogen (secondary N) is 2. The predicted octanol–water partition coefficient (Wildman–Crippen LogP) is 5.07. The topological polar surface area (TPSA) is 91.4 Å². The van der Waals surface area contributed by atoms with E-state index < -0.39 is 59.8 Å². The zero-order valence-electron chi connectivity index (χ0n) is 21.2. The van der Waals surface area contributed by atoms with Gasteiger partial charge in [-0.05, 0) is 48.4 Å². The van der Waals surface area contributed by atoms with E-state index in [4.69, 9.17) is 11.6 Å². The number of alkyl halides is 2. The smallest absolute Gasteiger partial charge is 0.252 e. The molecule has 0 spiro atoms. The molecule has 1 saturated heterocycles. The van der Waals surface area contributed by atoms with Gasteiger partial charge in [-0.25, -0.2) is 13.2 Å². The zero-order chi connectivity index (χ0) is 28.5. The number of anilines is 1. The molecule has 5 rings (SSSR count). The lowest BCUT2D eigenvalue weighted by Gasteiger charge is -2.44. The Morgan fingerprint density at radius 1 is 1.07 bits per heavy atom. The third-order valence-corrected chi connectivity index (χ3v) is 7.76. The highest BCUT2D eigenvalue weighted by atomic mass is 35.5. The van der Waals surface area contributed by atoms with Crippen LogP contribution in [0.2, 0.25) is 5.02 Å². The molecular formula is C29H26ClF3N4O3. The van der Waals surface area contributed by atoms with Gasteiger partial charge in [0.25, 0.3) is 11.8 Å². The number of benzene rings is 2. The van der Waals surface area contributed by atoms with Gasteiger partial charge < -0.3 is 15.5 Å². The van der Waals surface area contributed by atoms with Crippen LogP contribution in [0.25, 0.3) is 0 Å². The fourth-order valence-corrected chi connectivity index (χ4v) is 5.76. The summed E-state index contributed by atoms with van der Waals surface area (Å²) in [7, 11) is 0. The molecule has 11 heteroatoms. The molecule has 40 heavy (non-hydrogen) atoms. The number of likely N-dealkylation sites (tertiary alicyclic amines) is 1. The van der Waals surface area contributed by atoms with E-state index in [1.54, 1.807) is 48.7 Å². The number of rotatable bonds is 8. The highest BCUT2D eigenvalue weighted by Crippen LogP contribution is 2.46. The first-order chi connectivity index (χ1) is 19.1. The third kappa shape index (κ3) is 5.40. The molecule has 2 aromatic carbocycles. The molecule has 3 amide bonds. The van der Waals surface area contributed by atoms with Crippen LogP contribution in [-0.4, -0.2) is 45.1 Å². The number of nitrogens with zero attached hydrogens (tertiary/aromatic N) is 2. The molecule has 1 aliphatic heterocycles. The van der Waals surface area contributed by atoms with Crippen molar-refractivity contribution in [3.63, 3.8) is 0 Å². The Morgan fingerprint density at radius 3 is 2.50 bits per heavy atom. The molecule has 1 aliphatic carbocycles. The molecule has 1 saturated carbocycles. The van der Waals surface area contributed by atoms with E-state index in [0.29, 0.717) is 5.69 Å². The SMILES string of the molecule is O=C(NC1CC(F)(F)C1)[C@@H](c1ccccc1Cl)C1(C(=O)Nc2cccc(F)c2)CCC(=O)N1Cc1ccccn1. The first kappa shape index (κ1) is 27.6. The van der Waals surface area contributed by atoms with Crippen LogP contribution in [0, 0.1) is 5.82 Å². The zero-order valence-corrected chi connectivity index (χ0v) is 22.0. The lowest BCUT2D eigenvalue weighted by Crippen LogP contribution is -2.62. The highest BCUT2D eigenvalue weighted by Gasteiger charge is 2.60. The van der Waals surface area contributed by atoms with Gasteiger partial charge in [-0.2, -0.15) is 0 Å². The van der Waals surface area contributed by atoms with Crippen LogP contribution < -0.4 is 10.6 Å². The van der Waals surface area contributed by atoms with Gasteiger partial charge in [0.15, 0.2) is 0 Å². The van der Waals surface area contributed by atoms with Gasteiger partial charge >= 0.3 is 0 Å². The Kier molecular flexibility index (Phi) is 7.55. The first-order valence-electron chi connectivity index (χ1n) is 12.8. The van der Waals surface area contributed by atoms with E-state index in [1.165, 1.54) is 23.1 Å². The van der Waals surface area contributed by atoms with E-state index >= 15 is 0 Å². The summed E-state index contributed by atoms with van der Waals surface area (Å²) in [5.74, 6) is -6.72. The van der Waals surface area contributed by atoms with Gasteiger partial charge in [-0.15, -0.1) is 0 Å². The van der Waals surface area contributed by atoms with Crippen LogP contribution in [-0.2, 0) is 20.9 Å². The molecule has 0 bridgehead atoms. The van der Waals surface area contributed by atoms with Crippen molar-refractivity contribution in [2.45, 2.75) is 55.6 Å². The molecule has 2 heterocycles. The van der Waals surface area contributed by atoms with Crippen LogP contribution in [0.15, 0.2) is 72.9 Å². The van der Waals surface area contributed by atoms with Crippen LogP contribution in [0.1, 0.15) is 42.9 Å². The summed E-state index contributed by atoms with van der Waals surface area (Å²) < 4.78 is 41.3. The van der Waals surface area contributed by atoms with Crippen molar-refractivity contribution >= 4 is 35.0 Å². The van der Waals surface area contributed by atoms with Crippen molar-refractivity contribution in [1.82, 2.24) is 15.2 Å². The molecule has 1 aromatic heterocycles. The van der Waals surface area contributed by atoms with Crippen molar-refractivity contribution in [2.75, 3.05) is 5.32 Å². The minimum atomic E-state index is -2.89. The maximum Gasteiger partial charge on any atom is 0.252 e. The molecule has 2 N–H and O–H groups in total. The molecule has 2 fully saturated rings. The van der Waals surface area contributed by atoms with E-state index in [-0.39, 0.29) is 35.7 Å². The second kappa shape index (κ2) is 10.9. The van der Waals surface area contributed by atoms with Crippen LogP contribution in [0.4, 0.5) is 18.9 Å². The quantitative estimate of drug-likeness (QED) is 0.395. The molecule has 3 aromatic rings. The summed E-state index contributed by atoms with van der Waals surface area (Å²) in [5, 5.41) is 5.50. The van der Waals surface area contributed by atoms with Crippen LogP contribution >= 0.6 is 11.6 Å². The number of amides is 3. The minimum absolute atomic E-state index is 0.0703. The Bertz CT molecular complexity index is 1430. The van der Waals surface area contributed by atoms with E-state index in [0.717, 1.165) is 6.07 Å². The second-order valence-corrected chi connectivity index (χ2v) is 10.5. The van der Waals surface area contributed by atoms with Gasteiger partial charge in [0.05, 0.1) is 18.2 Å². The summed E-state index contributed by atoms with van der Waals surface area (Å²) >= 11 is 6.57. The van der Waals surface area contributed by atoms with E-state index in [9.17, 15) is 27.6 Å². The average Bonchev–Trinajstić information content (AvgIpc) is 3.21. The van der Waals surface area contributed by atoms with Crippen LogP contribution in [0.3, 0.4) is 0 Å². The van der Waals surface area contributed by atoms with Gasteiger partial charge in [0, 0.05) is 42.2 Å². The van der Waals surface area contributed by atoms with Crippen molar-refractivity contribution in [1.29, 1.82) is 0 Å². The van der Waals surface area contributed by atoms with Gasteiger partial charge in [0.2, 0.25) is 11.8 Å². The lowest BCUT2D eigenvalue weighted by atomic mass is 9.74. The van der Waals surface area contributed by atoms with Crippen molar-refractivity contribution < 1.29 is 27.6 Å². The summed E-state index contributed by atoms with van der Waals surface area (Å²) in [6.45, 7) is -0.105. The average molecular weight is 571 g/mol. The highest BCUT2D eigenvalue weighted by molar-refractivity contribution is 6.31. The summed E-state index contributed by atoms with van der Waals surface area (Å²) in [4.78, 5) is 47.3. The fraction of sp³-hybridized carbons (Fsp3) is 0.310. The maximum atomic E-state index is 14.3. The lowest BCUT2D eigenvalue weighted by molar-refractivity contribution is -0.146.